The average Bonchev–Trinajstić information content (AvgIpc) is 3.71. The second-order valence-electron chi connectivity index (χ2n) is 9.83. The van der Waals surface area contributed by atoms with Gasteiger partial charge in [0.15, 0.2) is 0 Å². The molecule has 206 valence electrons. The average molecular weight is 550 g/mol. The third-order valence-electron chi connectivity index (χ3n) is 7.31. The molecule has 12 nitrogen and oxygen atoms in total. The van der Waals surface area contributed by atoms with Crippen LogP contribution in [0.1, 0.15) is 22.9 Å². The summed E-state index contributed by atoms with van der Waals surface area (Å²) in [5.41, 5.74) is 4.01. The van der Waals surface area contributed by atoms with Crippen molar-refractivity contribution in [2.75, 3.05) is 36.9 Å². The van der Waals surface area contributed by atoms with E-state index in [1.165, 1.54) is 6.33 Å². The number of carbonyl (C=O) groups excluding carboxylic acids is 1. The van der Waals surface area contributed by atoms with E-state index in [0.717, 1.165) is 29.9 Å². The van der Waals surface area contributed by atoms with Gasteiger partial charge in [0.25, 0.3) is 5.91 Å². The number of morpholine rings is 1. The molecule has 41 heavy (non-hydrogen) atoms. The van der Waals surface area contributed by atoms with Crippen molar-refractivity contribution in [3.8, 4) is 0 Å². The van der Waals surface area contributed by atoms with Crippen molar-refractivity contribution in [1.82, 2.24) is 29.9 Å². The minimum Gasteiger partial charge on any atom is -0.407 e. The molecule has 2 aromatic heterocycles. The number of carbonyl (C=O) groups is 1. The number of allylic oxidation sites excluding steroid dienone is 2. The Morgan fingerprint density at radius 2 is 1.83 bits per heavy atom. The van der Waals surface area contributed by atoms with Gasteiger partial charge in [-0.2, -0.15) is 5.10 Å². The van der Waals surface area contributed by atoms with Crippen LogP contribution >= 0.6 is 0 Å². The maximum absolute atomic E-state index is 13.3. The fourth-order valence-electron chi connectivity index (χ4n) is 5.31. The lowest BCUT2D eigenvalue weighted by Gasteiger charge is -2.36. The fraction of sp³-hybridized carbons (Fsp3) is 0.241. The highest BCUT2D eigenvalue weighted by molar-refractivity contribution is 6.19. The number of hydrogen-bond donors (Lipinski definition) is 2. The summed E-state index contributed by atoms with van der Waals surface area (Å²) in [6.45, 7) is 2.85. The molecule has 0 radical (unpaired) electrons. The van der Waals surface area contributed by atoms with Crippen LogP contribution in [0.25, 0.3) is 5.70 Å². The molecule has 2 aromatic carbocycles. The van der Waals surface area contributed by atoms with Crippen molar-refractivity contribution in [3.05, 3.63) is 102 Å². The molecule has 0 saturated carbocycles. The fourth-order valence-corrected chi connectivity index (χ4v) is 5.31. The lowest BCUT2D eigenvalue weighted by atomic mass is 9.92. The molecule has 0 bridgehead atoms. The summed E-state index contributed by atoms with van der Waals surface area (Å²) >= 11 is 0. The number of ether oxygens (including phenoxy) is 1. The van der Waals surface area contributed by atoms with Crippen LogP contribution in [0.2, 0.25) is 0 Å². The number of anilines is 2. The molecule has 1 amide bonds. The zero-order valence-corrected chi connectivity index (χ0v) is 22.0. The molecule has 3 atom stereocenters. The van der Waals surface area contributed by atoms with Gasteiger partial charge in [0.2, 0.25) is 12.1 Å². The first-order chi connectivity index (χ1) is 20.2. The molecule has 3 unspecified atom stereocenters. The summed E-state index contributed by atoms with van der Waals surface area (Å²) in [7, 11) is 0. The normalized spacial score (nSPS) is 22.7. The highest BCUT2D eigenvalue weighted by Crippen LogP contribution is 2.33. The lowest BCUT2D eigenvalue weighted by molar-refractivity contribution is -0.116. The van der Waals surface area contributed by atoms with Crippen LogP contribution in [0, 0.1) is 0 Å². The Morgan fingerprint density at radius 1 is 1.00 bits per heavy atom. The second-order valence-corrected chi connectivity index (χ2v) is 9.83. The molecule has 4 aromatic rings. The van der Waals surface area contributed by atoms with E-state index in [0.29, 0.717) is 30.5 Å². The summed E-state index contributed by atoms with van der Waals surface area (Å²) in [4.78, 5) is 24.5. The molecule has 1 aliphatic carbocycles. The largest absolute Gasteiger partial charge is 0.407 e. The van der Waals surface area contributed by atoms with Crippen LogP contribution in [0.5, 0.6) is 0 Å². The van der Waals surface area contributed by atoms with Crippen LogP contribution in [0.15, 0.2) is 94.9 Å². The Balaban J connectivity index is 1.18. The van der Waals surface area contributed by atoms with Gasteiger partial charge in [-0.05, 0) is 18.2 Å². The molecule has 0 spiro atoms. The number of nitrogens with zero attached hydrogens (tertiary/aromatic N) is 7. The van der Waals surface area contributed by atoms with Gasteiger partial charge < -0.3 is 19.8 Å². The van der Waals surface area contributed by atoms with Gasteiger partial charge in [0, 0.05) is 30.3 Å². The first-order valence-corrected chi connectivity index (χ1v) is 13.4. The van der Waals surface area contributed by atoms with Gasteiger partial charge in [-0.3, -0.25) is 9.69 Å². The van der Waals surface area contributed by atoms with E-state index < -0.39 is 6.17 Å². The third-order valence-corrected chi connectivity index (χ3v) is 7.31. The number of nitrogens with one attached hydrogen (secondary N) is 2. The lowest BCUT2D eigenvalue weighted by Crippen LogP contribution is -2.46. The molecule has 12 heteroatoms. The summed E-state index contributed by atoms with van der Waals surface area (Å²) in [6.07, 6.45) is 8.33. The molecule has 2 aliphatic heterocycles. The summed E-state index contributed by atoms with van der Waals surface area (Å²) in [5, 5.41) is 18.9. The van der Waals surface area contributed by atoms with Gasteiger partial charge in [0.05, 0.1) is 36.2 Å². The van der Waals surface area contributed by atoms with Crippen molar-refractivity contribution in [2.45, 2.75) is 18.1 Å². The molecular weight excluding hydrogens is 522 g/mol. The van der Waals surface area contributed by atoms with Crippen molar-refractivity contribution in [2.24, 2.45) is 4.99 Å². The Kier molecular flexibility index (Phi) is 6.67. The number of aromatic nitrogens is 5. The quantitative estimate of drug-likeness (QED) is 0.372. The number of benzodiazepines with no additional fused rings is 1. The number of aliphatic imine (C=N–C) groups is 1. The number of amides is 1. The summed E-state index contributed by atoms with van der Waals surface area (Å²) in [5.74, 6) is -0.106. The zero-order chi connectivity index (χ0) is 27.6. The minimum absolute atomic E-state index is 0.0604. The highest BCUT2D eigenvalue weighted by Gasteiger charge is 2.34. The summed E-state index contributed by atoms with van der Waals surface area (Å²) < 4.78 is 13.4. The van der Waals surface area contributed by atoms with E-state index in [9.17, 15) is 4.79 Å². The molecule has 3 aliphatic rings. The van der Waals surface area contributed by atoms with Crippen LogP contribution in [0.3, 0.4) is 0 Å². The van der Waals surface area contributed by atoms with E-state index in [1.54, 1.807) is 11.0 Å². The van der Waals surface area contributed by atoms with E-state index in [4.69, 9.17) is 14.1 Å². The van der Waals surface area contributed by atoms with Gasteiger partial charge in [-0.1, -0.05) is 59.7 Å². The van der Waals surface area contributed by atoms with Gasteiger partial charge in [-0.25, -0.2) is 14.7 Å². The molecule has 1 fully saturated rings. The Labute approximate surface area is 235 Å². The van der Waals surface area contributed by atoms with Crippen LogP contribution in [-0.2, 0) is 9.53 Å². The van der Waals surface area contributed by atoms with E-state index >= 15 is 0 Å². The second kappa shape index (κ2) is 10.9. The monoisotopic (exact) mass is 549 g/mol. The molecule has 2 N–H and O–H groups in total. The minimum atomic E-state index is -0.985. The Bertz CT molecular complexity index is 1620. The van der Waals surface area contributed by atoms with Gasteiger partial charge >= 0.3 is 6.01 Å². The predicted molar refractivity (Wildman–Crippen MR) is 151 cm³/mol. The smallest absolute Gasteiger partial charge is 0.317 e. The molecule has 1 saturated heterocycles. The maximum atomic E-state index is 13.3. The molecule has 7 rings (SSSR count). The van der Waals surface area contributed by atoms with Crippen molar-refractivity contribution >= 4 is 29.0 Å². The highest BCUT2D eigenvalue weighted by atomic mass is 16.5. The predicted octanol–water partition coefficient (Wildman–Crippen LogP) is 2.78. The van der Waals surface area contributed by atoms with Crippen LogP contribution in [0.4, 0.5) is 11.7 Å². The van der Waals surface area contributed by atoms with E-state index in [-0.39, 0.29) is 23.9 Å². The van der Waals surface area contributed by atoms with E-state index in [2.05, 4.69) is 41.9 Å². The van der Waals surface area contributed by atoms with Gasteiger partial charge in [-0.15, -0.1) is 5.10 Å². The standard InChI is InChI=1S/C29H27N9O3/c39-27-26(33-25(19-6-2-1-3-7-19)21-8-4-5-9-23(21)32-27)34-29-36-35-28(41-29)22-11-10-20(38-18-30-17-31-38)16-24(22)37-12-14-40-15-13-37/h1-11,16-18,22,24,26H,12-15H2,(H,32,39)(H,34,36). The first kappa shape index (κ1) is 25.1. The number of benzene rings is 2. The number of hydrogen-bond acceptors (Lipinski definition) is 10. The zero-order valence-electron chi connectivity index (χ0n) is 22.0. The van der Waals surface area contributed by atoms with Crippen molar-refractivity contribution < 1.29 is 13.9 Å². The molecule has 4 heterocycles. The maximum Gasteiger partial charge on any atom is 0.317 e. The SMILES string of the molecule is O=C1Nc2ccccc2C(c2ccccc2)=NC1Nc1nnc(C2C=CC(n3cncn3)=CC2N2CCOCC2)o1. The van der Waals surface area contributed by atoms with Crippen molar-refractivity contribution in [3.63, 3.8) is 0 Å². The topological polar surface area (TPSA) is 136 Å². The number of fused-ring (bicyclic) bond motifs is 1. The Morgan fingerprint density at radius 3 is 2.66 bits per heavy atom. The third kappa shape index (κ3) is 5.06. The first-order valence-electron chi connectivity index (χ1n) is 13.4. The van der Waals surface area contributed by atoms with Crippen molar-refractivity contribution in [1.29, 1.82) is 0 Å². The van der Waals surface area contributed by atoms with Crippen LogP contribution in [-0.4, -0.2) is 80.0 Å². The Hall–Kier alpha value is -4.94. The number of rotatable bonds is 6. The molecular formula is C29H27N9O3. The van der Waals surface area contributed by atoms with Gasteiger partial charge in [0.1, 0.15) is 12.7 Å². The number of para-hydroxylation sites is 1. The van der Waals surface area contributed by atoms with E-state index in [1.807, 2.05) is 66.7 Å². The van der Waals surface area contributed by atoms with Crippen LogP contribution < -0.4 is 10.6 Å². The summed E-state index contributed by atoms with van der Waals surface area (Å²) in [6, 6.07) is 17.4.